The highest BCUT2D eigenvalue weighted by molar-refractivity contribution is 6.30. The molecule has 0 aliphatic rings. The van der Waals surface area contributed by atoms with E-state index in [0.717, 1.165) is 22.4 Å². The van der Waals surface area contributed by atoms with E-state index in [1.807, 2.05) is 44.2 Å². The van der Waals surface area contributed by atoms with E-state index in [4.69, 9.17) is 26.6 Å². The van der Waals surface area contributed by atoms with E-state index in [1.54, 1.807) is 19.1 Å². The number of aromatic nitrogens is 2. The van der Waals surface area contributed by atoms with Gasteiger partial charge in [-0.3, -0.25) is 15.3 Å². The number of hydrazine groups is 1. The smallest absolute Gasteiger partial charge is 0.300 e. The van der Waals surface area contributed by atoms with Crippen LogP contribution >= 0.6 is 11.6 Å². The van der Waals surface area contributed by atoms with Crippen LogP contribution in [0, 0.1) is 13.8 Å². The predicted octanol–water partition coefficient (Wildman–Crippen LogP) is 5.06. The number of phenolic OH excluding ortho intramolecular Hbond substituents is 1. The number of ether oxygens (including phenoxy) is 1. The fraction of sp³-hybridized carbons (Fsp3) is 0.200. The van der Waals surface area contributed by atoms with E-state index in [0.29, 0.717) is 46.4 Å². The number of H-pyrrole nitrogens is 1. The average Bonchev–Trinajstić information content (AvgIpc) is 3.40. The number of aromatic amines is 1. The highest BCUT2D eigenvalue weighted by atomic mass is 35.5. The standard InChI is InChI=1S/C25H25ClN4O4/c1-4-16-9-19(20(31)11-21(16)33-12-15-5-7-17(26)8-6-15)24-23(13(2)29-30-24)18-10-22(25(32)28-27)34-14(18)3/h5-11,31H,4,12,27H2,1-3H3,(H,28,32)(H,29,30). The van der Waals surface area contributed by atoms with Crippen molar-refractivity contribution in [1.29, 1.82) is 0 Å². The number of rotatable bonds is 7. The molecule has 176 valence electrons. The number of carbonyl (C=O) groups is 1. The first-order valence-electron chi connectivity index (χ1n) is 10.7. The Kier molecular flexibility index (Phi) is 6.63. The first-order chi connectivity index (χ1) is 16.3. The average molecular weight is 481 g/mol. The first kappa shape index (κ1) is 23.4. The van der Waals surface area contributed by atoms with Gasteiger partial charge in [0, 0.05) is 33.5 Å². The molecular weight excluding hydrogens is 456 g/mol. The molecule has 34 heavy (non-hydrogen) atoms. The topological polar surface area (TPSA) is 126 Å². The largest absolute Gasteiger partial charge is 0.507 e. The third-order valence-electron chi connectivity index (χ3n) is 5.61. The summed E-state index contributed by atoms with van der Waals surface area (Å²) in [4.78, 5) is 11.9. The van der Waals surface area contributed by atoms with E-state index in [9.17, 15) is 9.90 Å². The molecule has 0 atom stereocenters. The van der Waals surface area contributed by atoms with Crippen molar-refractivity contribution in [3.8, 4) is 33.9 Å². The maximum Gasteiger partial charge on any atom is 0.300 e. The van der Waals surface area contributed by atoms with Gasteiger partial charge in [0.1, 0.15) is 29.6 Å². The molecular formula is C25H25ClN4O4. The molecule has 2 heterocycles. The second-order valence-corrected chi connectivity index (χ2v) is 8.31. The molecule has 9 heteroatoms. The van der Waals surface area contributed by atoms with Gasteiger partial charge in [0.15, 0.2) is 5.76 Å². The Hall–Kier alpha value is -3.75. The molecule has 0 fully saturated rings. The minimum absolute atomic E-state index is 0.0251. The monoisotopic (exact) mass is 480 g/mol. The summed E-state index contributed by atoms with van der Waals surface area (Å²) in [6, 6.07) is 12.5. The number of benzene rings is 2. The van der Waals surface area contributed by atoms with Crippen molar-refractivity contribution >= 4 is 17.5 Å². The van der Waals surface area contributed by atoms with Crippen LogP contribution in [0.4, 0.5) is 0 Å². The first-order valence-corrected chi connectivity index (χ1v) is 11.1. The number of aryl methyl sites for hydroxylation is 3. The fourth-order valence-corrected chi connectivity index (χ4v) is 3.95. The van der Waals surface area contributed by atoms with Gasteiger partial charge in [0.05, 0.1) is 0 Å². The van der Waals surface area contributed by atoms with Gasteiger partial charge in [-0.1, -0.05) is 30.7 Å². The summed E-state index contributed by atoms with van der Waals surface area (Å²) >= 11 is 5.95. The van der Waals surface area contributed by atoms with Gasteiger partial charge in [-0.25, -0.2) is 5.84 Å². The summed E-state index contributed by atoms with van der Waals surface area (Å²) in [6.07, 6.45) is 0.688. The van der Waals surface area contributed by atoms with Crippen LogP contribution in [0.1, 0.15) is 40.1 Å². The van der Waals surface area contributed by atoms with Gasteiger partial charge in [-0.15, -0.1) is 0 Å². The number of nitrogens with zero attached hydrogens (tertiary/aromatic N) is 1. The molecule has 0 aliphatic carbocycles. The molecule has 0 bridgehead atoms. The van der Waals surface area contributed by atoms with Crippen molar-refractivity contribution in [1.82, 2.24) is 15.6 Å². The normalized spacial score (nSPS) is 11.0. The van der Waals surface area contributed by atoms with E-state index in [2.05, 4.69) is 15.6 Å². The SMILES string of the molecule is CCc1cc(-c2n[nH]c(C)c2-c2cc(C(=O)NN)oc2C)c(O)cc1OCc1ccc(Cl)cc1. The Bertz CT molecular complexity index is 1340. The third kappa shape index (κ3) is 4.50. The van der Waals surface area contributed by atoms with Gasteiger partial charge < -0.3 is 14.3 Å². The lowest BCUT2D eigenvalue weighted by Gasteiger charge is -2.14. The number of furan rings is 1. The number of phenols is 1. The maximum atomic E-state index is 11.9. The number of nitrogens with two attached hydrogens (primary N) is 1. The Morgan fingerprint density at radius 3 is 2.62 bits per heavy atom. The highest BCUT2D eigenvalue weighted by Crippen LogP contribution is 2.42. The molecule has 4 rings (SSSR count). The lowest BCUT2D eigenvalue weighted by Crippen LogP contribution is -2.29. The Labute approximate surface area is 201 Å². The molecule has 0 aliphatic heterocycles. The number of nitrogens with one attached hydrogen (secondary N) is 2. The summed E-state index contributed by atoms with van der Waals surface area (Å²) in [6.45, 7) is 5.97. The summed E-state index contributed by atoms with van der Waals surface area (Å²) < 4.78 is 11.6. The minimum atomic E-state index is -0.532. The second-order valence-electron chi connectivity index (χ2n) is 7.87. The zero-order valence-corrected chi connectivity index (χ0v) is 19.8. The van der Waals surface area contributed by atoms with Gasteiger partial charge in [0.2, 0.25) is 0 Å². The van der Waals surface area contributed by atoms with Crippen molar-refractivity contribution in [2.45, 2.75) is 33.8 Å². The Balaban J connectivity index is 1.71. The number of hydrogen-bond donors (Lipinski definition) is 4. The van der Waals surface area contributed by atoms with E-state index >= 15 is 0 Å². The van der Waals surface area contributed by atoms with E-state index in [-0.39, 0.29) is 11.5 Å². The van der Waals surface area contributed by atoms with Crippen LogP contribution in [0.3, 0.4) is 0 Å². The third-order valence-corrected chi connectivity index (χ3v) is 5.86. The van der Waals surface area contributed by atoms with Crippen molar-refractivity contribution in [2.24, 2.45) is 5.84 Å². The fourth-order valence-electron chi connectivity index (χ4n) is 3.82. The molecule has 0 saturated carbocycles. The number of aromatic hydroxyl groups is 1. The summed E-state index contributed by atoms with van der Waals surface area (Å²) in [5.74, 6) is 5.94. The maximum absolute atomic E-state index is 11.9. The lowest BCUT2D eigenvalue weighted by atomic mass is 9.96. The minimum Gasteiger partial charge on any atom is -0.507 e. The zero-order valence-electron chi connectivity index (χ0n) is 19.0. The molecule has 0 unspecified atom stereocenters. The number of carbonyl (C=O) groups excluding carboxylic acids is 1. The predicted molar refractivity (Wildman–Crippen MR) is 130 cm³/mol. The van der Waals surface area contributed by atoms with E-state index < -0.39 is 5.91 Å². The number of amides is 1. The number of hydrogen-bond acceptors (Lipinski definition) is 6. The molecule has 4 aromatic rings. The van der Waals surface area contributed by atoms with Crippen LogP contribution in [0.5, 0.6) is 11.5 Å². The number of halogens is 1. The van der Waals surface area contributed by atoms with E-state index in [1.165, 1.54) is 0 Å². The van der Waals surface area contributed by atoms with Gasteiger partial charge in [0.25, 0.3) is 0 Å². The zero-order chi connectivity index (χ0) is 24.4. The van der Waals surface area contributed by atoms with Crippen LogP contribution in [0.15, 0.2) is 46.9 Å². The lowest BCUT2D eigenvalue weighted by molar-refractivity contribution is 0.0924. The number of nitrogen functional groups attached to an aromatic ring is 1. The molecule has 8 nitrogen and oxygen atoms in total. The summed E-state index contributed by atoms with van der Waals surface area (Å²) in [5, 5.41) is 19.0. The molecule has 1 amide bonds. The van der Waals surface area contributed by atoms with Crippen molar-refractivity contribution in [3.05, 3.63) is 75.8 Å². The Morgan fingerprint density at radius 1 is 1.21 bits per heavy atom. The van der Waals surface area contributed by atoms with Crippen LogP contribution in [0.2, 0.25) is 5.02 Å². The highest BCUT2D eigenvalue weighted by Gasteiger charge is 2.24. The summed E-state index contributed by atoms with van der Waals surface area (Å²) in [7, 11) is 0. The Morgan fingerprint density at radius 2 is 1.94 bits per heavy atom. The molecule has 0 spiro atoms. The van der Waals surface area contributed by atoms with Gasteiger partial charge >= 0.3 is 5.91 Å². The van der Waals surface area contributed by atoms with Gasteiger partial charge in [-0.2, -0.15) is 5.10 Å². The van der Waals surface area contributed by atoms with Crippen molar-refractivity contribution in [2.75, 3.05) is 0 Å². The second kappa shape index (κ2) is 9.62. The van der Waals surface area contributed by atoms with Crippen LogP contribution < -0.4 is 16.0 Å². The molecule has 5 N–H and O–H groups in total. The summed E-state index contributed by atoms with van der Waals surface area (Å²) in [5.41, 5.74) is 7.20. The van der Waals surface area contributed by atoms with Gasteiger partial charge in [-0.05, 0) is 55.7 Å². The van der Waals surface area contributed by atoms with Crippen LogP contribution in [-0.2, 0) is 13.0 Å². The molecule has 2 aromatic carbocycles. The molecule has 2 aromatic heterocycles. The van der Waals surface area contributed by atoms with Crippen LogP contribution in [0.25, 0.3) is 22.4 Å². The van der Waals surface area contributed by atoms with Crippen molar-refractivity contribution < 1.29 is 19.1 Å². The van der Waals surface area contributed by atoms with Crippen molar-refractivity contribution in [3.63, 3.8) is 0 Å². The molecule has 0 radical (unpaired) electrons. The quantitative estimate of drug-likeness (QED) is 0.166. The van der Waals surface area contributed by atoms with Crippen LogP contribution in [-0.4, -0.2) is 21.2 Å². The molecule has 0 saturated heterocycles.